The van der Waals surface area contributed by atoms with Crippen molar-refractivity contribution < 1.29 is 9.50 Å². The quantitative estimate of drug-likeness (QED) is 0.440. The van der Waals surface area contributed by atoms with Crippen LogP contribution in [0.4, 0.5) is 4.39 Å². The van der Waals surface area contributed by atoms with Crippen molar-refractivity contribution in [3.63, 3.8) is 0 Å². The van der Waals surface area contributed by atoms with Gasteiger partial charge in [0.25, 0.3) is 0 Å². The molecule has 1 aliphatic rings. The maximum Gasteiger partial charge on any atom is 0.221 e. The minimum atomic E-state index is -1.91. The van der Waals surface area contributed by atoms with Crippen molar-refractivity contribution in [2.45, 2.75) is 16.4 Å². The van der Waals surface area contributed by atoms with Gasteiger partial charge in [-0.2, -0.15) is 0 Å². The summed E-state index contributed by atoms with van der Waals surface area (Å²) in [6.45, 7) is 0.169. The molecule has 4 rings (SSSR count). The van der Waals surface area contributed by atoms with Crippen molar-refractivity contribution in [2.24, 2.45) is 4.99 Å². The van der Waals surface area contributed by atoms with Crippen molar-refractivity contribution in [3.8, 4) is 11.1 Å². The predicted molar refractivity (Wildman–Crippen MR) is 112 cm³/mol. The Morgan fingerprint density at radius 3 is 2.50 bits per heavy atom. The summed E-state index contributed by atoms with van der Waals surface area (Å²) in [5.41, 5.74) is 4.13. The third-order valence-electron chi connectivity index (χ3n) is 4.66. The van der Waals surface area contributed by atoms with Gasteiger partial charge in [0, 0.05) is 33.5 Å². The Morgan fingerprint density at radius 2 is 1.79 bits per heavy atom. The van der Waals surface area contributed by atoms with E-state index < -0.39 is 9.90 Å². The highest BCUT2D eigenvalue weighted by Gasteiger charge is 2.36. The summed E-state index contributed by atoms with van der Waals surface area (Å²) in [6, 6.07) is 11.7. The SMILES string of the molecule is OC(c1[nH]cc2c1CN=C(c1ccccc1F)c1cc(Cl)ccc1-2)C(Cl)(Cl)Cl. The second kappa shape index (κ2) is 7.36. The van der Waals surface area contributed by atoms with E-state index in [0.29, 0.717) is 33.1 Å². The number of aliphatic imine (C=N–C) groups is 1. The van der Waals surface area contributed by atoms with E-state index in [4.69, 9.17) is 46.4 Å². The lowest BCUT2D eigenvalue weighted by atomic mass is 9.93. The molecule has 2 aromatic carbocycles. The molecule has 1 unspecified atom stereocenters. The first kappa shape index (κ1) is 19.7. The third kappa shape index (κ3) is 3.44. The molecular weight excluding hydrogens is 445 g/mol. The Morgan fingerprint density at radius 1 is 1.04 bits per heavy atom. The molecule has 1 aromatic heterocycles. The molecule has 1 atom stereocenters. The highest BCUT2D eigenvalue weighted by molar-refractivity contribution is 6.68. The maximum absolute atomic E-state index is 14.5. The fraction of sp³-hybridized carbons (Fsp3) is 0.150. The molecule has 0 amide bonds. The summed E-state index contributed by atoms with van der Waals surface area (Å²) in [4.78, 5) is 7.63. The summed E-state index contributed by atoms with van der Waals surface area (Å²) >= 11 is 23.9. The first-order chi connectivity index (χ1) is 13.3. The summed E-state index contributed by atoms with van der Waals surface area (Å²) in [6.07, 6.45) is 0.346. The standard InChI is InChI=1S/C20H13Cl4FN2O/c21-10-5-6-11-13(7-10)17(12-3-1-2-4-16(12)25)26-9-15-14(11)8-27-18(15)19(28)20(22,23)24/h1-8,19,27-28H,9H2. The Labute approximate surface area is 180 Å². The van der Waals surface area contributed by atoms with Crippen molar-refractivity contribution in [1.82, 2.24) is 4.98 Å². The number of rotatable bonds is 2. The van der Waals surface area contributed by atoms with Gasteiger partial charge >= 0.3 is 0 Å². The lowest BCUT2D eigenvalue weighted by Gasteiger charge is -2.19. The van der Waals surface area contributed by atoms with Crippen LogP contribution in [0.15, 0.2) is 53.7 Å². The van der Waals surface area contributed by atoms with Gasteiger partial charge in [-0.15, -0.1) is 0 Å². The van der Waals surface area contributed by atoms with Gasteiger partial charge in [-0.3, -0.25) is 4.99 Å². The Kier molecular flexibility index (Phi) is 5.19. The number of fused-ring (bicyclic) bond motifs is 3. The van der Waals surface area contributed by atoms with Crippen LogP contribution in [0.5, 0.6) is 0 Å². The number of hydrogen-bond donors (Lipinski definition) is 2. The monoisotopic (exact) mass is 456 g/mol. The third-order valence-corrected chi connectivity index (χ3v) is 5.51. The Hall–Kier alpha value is -1.56. The van der Waals surface area contributed by atoms with Crippen molar-refractivity contribution in [3.05, 3.63) is 81.9 Å². The summed E-state index contributed by atoms with van der Waals surface area (Å²) in [5, 5.41) is 11.0. The van der Waals surface area contributed by atoms with Gasteiger partial charge < -0.3 is 10.1 Å². The van der Waals surface area contributed by atoms with Crippen molar-refractivity contribution in [1.29, 1.82) is 0 Å². The molecular formula is C20H13Cl4FN2O. The zero-order valence-corrected chi connectivity index (χ0v) is 17.2. The van der Waals surface area contributed by atoms with Crippen LogP contribution in [-0.4, -0.2) is 19.6 Å². The van der Waals surface area contributed by atoms with E-state index in [0.717, 1.165) is 11.1 Å². The lowest BCUT2D eigenvalue weighted by Crippen LogP contribution is -2.18. The van der Waals surface area contributed by atoms with Gasteiger partial charge in [-0.05, 0) is 29.8 Å². The van der Waals surface area contributed by atoms with E-state index in [1.54, 1.807) is 36.5 Å². The lowest BCUT2D eigenvalue weighted by molar-refractivity contribution is 0.177. The van der Waals surface area contributed by atoms with Crippen molar-refractivity contribution >= 4 is 52.1 Å². The van der Waals surface area contributed by atoms with Gasteiger partial charge in [-0.1, -0.05) is 64.6 Å². The first-order valence-electron chi connectivity index (χ1n) is 8.32. The topological polar surface area (TPSA) is 48.4 Å². The number of nitrogens with one attached hydrogen (secondary N) is 1. The summed E-state index contributed by atoms with van der Waals surface area (Å²) < 4.78 is 12.6. The molecule has 0 spiro atoms. The average Bonchev–Trinajstić information content (AvgIpc) is 2.98. The van der Waals surface area contributed by atoms with Crippen LogP contribution >= 0.6 is 46.4 Å². The van der Waals surface area contributed by atoms with E-state index in [1.165, 1.54) is 6.07 Å². The number of aromatic nitrogens is 1. The number of benzene rings is 2. The zero-order valence-electron chi connectivity index (χ0n) is 14.2. The molecule has 0 radical (unpaired) electrons. The molecule has 1 aliphatic heterocycles. The number of alkyl halides is 3. The van der Waals surface area contributed by atoms with E-state index >= 15 is 0 Å². The molecule has 28 heavy (non-hydrogen) atoms. The van der Waals surface area contributed by atoms with Crippen LogP contribution in [-0.2, 0) is 6.54 Å². The van der Waals surface area contributed by atoms with Crippen molar-refractivity contribution in [2.75, 3.05) is 0 Å². The molecule has 8 heteroatoms. The summed E-state index contributed by atoms with van der Waals surface area (Å²) in [7, 11) is 0. The van der Waals surface area contributed by atoms with Gasteiger partial charge in [0.2, 0.25) is 3.79 Å². The van der Waals surface area contributed by atoms with E-state index in [2.05, 4.69) is 9.98 Å². The smallest absolute Gasteiger partial charge is 0.221 e. The van der Waals surface area contributed by atoms with E-state index in [1.807, 2.05) is 6.07 Å². The minimum Gasteiger partial charge on any atom is -0.382 e. The molecule has 3 aromatic rings. The van der Waals surface area contributed by atoms with Gasteiger partial charge in [0.15, 0.2) is 0 Å². The second-order valence-corrected chi connectivity index (χ2v) is 9.18. The number of halogens is 5. The number of aromatic amines is 1. The van der Waals surface area contributed by atoms with Crippen LogP contribution in [0, 0.1) is 5.82 Å². The number of aliphatic hydroxyl groups is 1. The Bertz CT molecular complexity index is 1090. The second-order valence-electron chi connectivity index (χ2n) is 6.37. The van der Waals surface area contributed by atoms with Gasteiger partial charge in [0.05, 0.1) is 18.0 Å². The van der Waals surface area contributed by atoms with Crippen LogP contribution < -0.4 is 0 Å². The fourth-order valence-corrected chi connectivity index (χ4v) is 3.86. The first-order valence-corrected chi connectivity index (χ1v) is 9.83. The molecule has 2 N–H and O–H groups in total. The molecule has 0 fully saturated rings. The largest absolute Gasteiger partial charge is 0.382 e. The van der Waals surface area contributed by atoms with Gasteiger partial charge in [-0.25, -0.2) is 4.39 Å². The molecule has 3 nitrogen and oxygen atoms in total. The highest BCUT2D eigenvalue weighted by atomic mass is 35.6. The molecule has 144 valence electrons. The van der Waals surface area contributed by atoms with E-state index in [9.17, 15) is 9.50 Å². The van der Waals surface area contributed by atoms with Crippen LogP contribution in [0.3, 0.4) is 0 Å². The van der Waals surface area contributed by atoms with Gasteiger partial charge in [0.1, 0.15) is 11.9 Å². The minimum absolute atomic E-state index is 0.169. The highest BCUT2D eigenvalue weighted by Crippen LogP contribution is 2.44. The molecule has 0 bridgehead atoms. The summed E-state index contributed by atoms with van der Waals surface area (Å²) in [5.74, 6) is -0.387. The molecule has 0 saturated carbocycles. The number of hydrogen-bond acceptors (Lipinski definition) is 2. The zero-order chi connectivity index (χ0) is 20.1. The van der Waals surface area contributed by atoms with Crippen LogP contribution in [0.25, 0.3) is 11.1 Å². The van der Waals surface area contributed by atoms with E-state index in [-0.39, 0.29) is 12.4 Å². The van der Waals surface area contributed by atoms with Crippen LogP contribution in [0.2, 0.25) is 5.02 Å². The Balaban J connectivity index is 1.95. The molecule has 0 aliphatic carbocycles. The number of aliphatic hydroxyl groups excluding tert-OH is 1. The number of H-pyrrole nitrogens is 1. The fourth-order valence-electron chi connectivity index (χ4n) is 3.36. The average molecular weight is 458 g/mol. The predicted octanol–water partition coefficient (Wildman–Crippen LogP) is 6.23. The number of nitrogens with zero attached hydrogens (tertiary/aromatic N) is 1. The molecule has 2 heterocycles. The molecule has 0 saturated heterocycles. The normalized spacial score (nSPS) is 14.7. The van der Waals surface area contributed by atoms with Crippen LogP contribution in [0.1, 0.15) is 28.5 Å². The maximum atomic E-state index is 14.5.